The predicted molar refractivity (Wildman–Crippen MR) is 72.0 cm³/mol. The molecule has 0 aliphatic heterocycles. The van der Waals surface area contributed by atoms with E-state index in [-0.39, 0.29) is 6.10 Å². The van der Waals surface area contributed by atoms with Crippen molar-refractivity contribution in [3.8, 4) is 0 Å². The molecule has 2 aliphatic carbocycles. The van der Waals surface area contributed by atoms with Crippen LogP contribution in [-0.2, 0) is 0 Å². The lowest BCUT2D eigenvalue weighted by Crippen LogP contribution is -2.39. The second kappa shape index (κ2) is 6.19. The van der Waals surface area contributed by atoms with Crippen LogP contribution in [0, 0.1) is 17.8 Å². The van der Waals surface area contributed by atoms with Gasteiger partial charge in [-0.05, 0) is 62.8 Å². The molecule has 2 fully saturated rings. The summed E-state index contributed by atoms with van der Waals surface area (Å²) < 4.78 is 0. The summed E-state index contributed by atoms with van der Waals surface area (Å²) in [6, 6.07) is 0. The number of rotatable bonds is 6. The smallest absolute Gasteiger partial charge is 0.0580 e. The van der Waals surface area contributed by atoms with Crippen LogP contribution in [-0.4, -0.2) is 35.7 Å². The zero-order valence-corrected chi connectivity index (χ0v) is 11.6. The minimum Gasteiger partial charge on any atom is -0.393 e. The van der Waals surface area contributed by atoms with Crippen LogP contribution in [0.1, 0.15) is 52.4 Å². The number of aliphatic hydroxyl groups excluding tert-OH is 1. The maximum absolute atomic E-state index is 10.1. The van der Waals surface area contributed by atoms with Crippen LogP contribution < -0.4 is 0 Å². The van der Waals surface area contributed by atoms with Crippen LogP contribution in [0.25, 0.3) is 0 Å². The third-order valence-electron chi connectivity index (χ3n) is 4.45. The van der Waals surface area contributed by atoms with Crippen molar-refractivity contribution in [3.63, 3.8) is 0 Å². The van der Waals surface area contributed by atoms with Crippen LogP contribution >= 0.6 is 0 Å². The highest BCUT2D eigenvalue weighted by Crippen LogP contribution is 2.32. The third-order valence-corrected chi connectivity index (χ3v) is 4.45. The summed E-state index contributed by atoms with van der Waals surface area (Å²) in [5.74, 6) is 2.32. The Kier molecular flexibility index (Phi) is 4.87. The summed E-state index contributed by atoms with van der Waals surface area (Å²) in [5, 5.41) is 10.1. The van der Waals surface area contributed by atoms with Crippen LogP contribution in [0.4, 0.5) is 0 Å². The first-order valence-corrected chi connectivity index (χ1v) is 7.59. The molecule has 0 spiro atoms. The SMILES string of the molecule is CCCN(CC1CC1)CC1CC(C)CCC1O. The highest BCUT2D eigenvalue weighted by atomic mass is 16.3. The maximum Gasteiger partial charge on any atom is 0.0580 e. The Morgan fingerprint density at radius 3 is 2.53 bits per heavy atom. The molecule has 0 amide bonds. The summed E-state index contributed by atoms with van der Waals surface area (Å²) in [6.45, 7) is 8.24. The fourth-order valence-electron chi connectivity index (χ4n) is 3.25. The maximum atomic E-state index is 10.1. The van der Waals surface area contributed by atoms with Gasteiger partial charge in [0.1, 0.15) is 0 Å². The Hall–Kier alpha value is -0.0800. The van der Waals surface area contributed by atoms with Gasteiger partial charge in [-0.25, -0.2) is 0 Å². The van der Waals surface area contributed by atoms with E-state index < -0.39 is 0 Å². The summed E-state index contributed by atoms with van der Waals surface area (Å²) >= 11 is 0. The fourth-order valence-corrected chi connectivity index (χ4v) is 3.25. The Bertz CT molecular complexity index is 227. The molecule has 0 aromatic heterocycles. The van der Waals surface area contributed by atoms with E-state index in [0.29, 0.717) is 5.92 Å². The van der Waals surface area contributed by atoms with Crippen molar-refractivity contribution in [2.24, 2.45) is 17.8 Å². The van der Waals surface area contributed by atoms with E-state index in [0.717, 1.165) is 24.8 Å². The van der Waals surface area contributed by atoms with Gasteiger partial charge in [-0.1, -0.05) is 13.8 Å². The van der Waals surface area contributed by atoms with Gasteiger partial charge < -0.3 is 10.0 Å². The Labute approximate surface area is 106 Å². The third kappa shape index (κ3) is 4.26. The van der Waals surface area contributed by atoms with E-state index in [9.17, 15) is 5.11 Å². The van der Waals surface area contributed by atoms with Crippen molar-refractivity contribution in [2.45, 2.75) is 58.5 Å². The normalized spacial score (nSPS) is 34.2. The molecule has 17 heavy (non-hydrogen) atoms. The molecule has 0 saturated heterocycles. The molecule has 2 rings (SSSR count). The molecule has 2 aliphatic rings. The van der Waals surface area contributed by atoms with Gasteiger partial charge in [0.25, 0.3) is 0 Å². The van der Waals surface area contributed by atoms with E-state index in [2.05, 4.69) is 18.7 Å². The van der Waals surface area contributed by atoms with Crippen molar-refractivity contribution in [2.75, 3.05) is 19.6 Å². The number of hydrogen-bond acceptors (Lipinski definition) is 2. The van der Waals surface area contributed by atoms with Crippen molar-refractivity contribution < 1.29 is 5.11 Å². The fraction of sp³-hybridized carbons (Fsp3) is 1.00. The number of nitrogens with zero attached hydrogens (tertiary/aromatic N) is 1. The molecule has 2 saturated carbocycles. The Balaban J connectivity index is 1.81. The second-order valence-electron chi connectivity index (χ2n) is 6.45. The second-order valence-corrected chi connectivity index (χ2v) is 6.45. The zero-order valence-electron chi connectivity index (χ0n) is 11.6. The topological polar surface area (TPSA) is 23.5 Å². The molecule has 3 unspecified atom stereocenters. The molecule has 2 heteroatoms. The monoisotopic (exact) mass is 239 g/mol. The molecule has 0 radical (unpaired) electrons. The van der Waals surface area contributed by atoms with Gasteiger partial charge in [-0.2, -0.15) is 0 Å². The predicted octanol–water partition coefficient (Wildman–Crippen LogP) is 2.91. The number of hydrogen-bond donors (Lipinski definition) is 1. The minimum atomic E-state index is -0.0373. The molecule has 100 valence electrons. The minimum absolute atomic E-state index is 0.0373. The Morgan fingerprint density at radius 1 is 1.12 bits per heavy atom. The van der Waals surface area contributed by atoms with E-state index >= 15 is 0 Å². The summed E-state index contributed by atoms with van der Waals surface area (Å²) in [6.07, 6.45) is 7.54. The molecule has 3 atom stereocenters. The number of aliphatic hydroxyl groups is 1. The van der Waals surface area contributed by atoms with Gasteiger partial charge in [0.2, 0.25) is 0 Å². The lowest BCUT2D eigenvalue weighted by Gasteiger charge is -2.35. The van der Waals surface area contributed by atoms with Gasteiger partial charge in [-0.3, -0.25) is 0 Å². The van der Waals surface area contributed by atoms with Crippen LogP contribution in [0.2, 0.25) is 0 Å². The quantitative estimate of drug-likeness (QED) is 0.770. The van der Waals surface area contributed by atoms with Crippen LogP contribution in [0.15, 0.2) is 0 Å². The van der Waals surface area contributed by atoms with Crippen LogP contribution in [0.5, 0.6) is 0 Å². The summed E-state index contributed by atoms with van der Waals surface area (Å²) in [5.41, 5.74) is 0. The first-order valence-electron chi connectivity index (χ1n) is 7.59. The van der Waals surface area contributed by atoms with E-state index in [1.54, 1.807) is 0 Å². The van der Waals surface area contributed by atoms with Gasteiger partial charge in [0.05, 0.1) is 6.10 Å². The van der Waals surface area contributed by atoms with Gasteiger partial charge in [0.15, 0.2) is 0 Å². The zero-order chi connectivity index (χ0) is 12.3. The van der Waals surface area contributed by atoms with Gasteiger partial charge >= 0.3 is 0 Å². The first kappa shape index (κ1) is 13.4. The van der Waals surface area contributed by atoms with Gasteiger partial charge in [-0.15, -0.1) is 0 Å². The van der Waals surface area contributed by atoms with E-state index in [1.807, 2.05) is 0 Å². The molecule has 0 heterocycles. The van der Waals surface area contributed by atoms with E-state index in [4.69, 9.17) is 0 Å². The highest BCUT2D eigenvalue weighted by Gasteiger charge is 2.30. The lowest BCUT2D eigenvalue weighted by atomic mass is 9.80. The van der Waals surface area contributed by atoms with E-state index in [1.165, 1.54) is 45.2 Å². The average Bonchev–Trinajstić information content (AvgIpc) is 3.08. The molecule has 0 aromatic rings. The molecule has 2 nitrogen and oxygen atoms in total. The van der Waals surface area contributed by atoms with Gasteiger partial charge in [0, 0.05) is 13.1 Å². The molecule has 0 aromatic carbocycles. The van der Waals surface area contributed by atoms with Crippen molar-refractivity contribution >= 4 is 0 Å². The Morgan fingerprint density at radius 2 is 1.88 bits per heavy atom. The molecular formula is C15H29NO. The first-order chi connectivity index (χ1) is 8.19. The summed E-state index contributed by atoms with van der Waals surface area (Å²) in [7, 11) is 0. The van der Waals surface area contributed by atoms with Crippen molar-refractivity contribution in [3.05, 3.63) is 0 Å². The average molecular weight is 239 g/mol. The highest BCUT2D eigenvalue weighted by molar-refractivity contribution is 4.83. The van der Waals surface area contributed by atoms with Crippen LogP contribution in [0.3, 0.4) is 0 Å². The molecule has 0 bridgehead atoms. The molecular weight excluding hydrogens is 210 g/mol. The molecule has 1 N–H and O–H groups in total. The van der Waals surface area contributed by atoms with Crippen molar-refractivity contribution in [1.29, 1.82) is 0 Å². The lowest BCUT2D eigenvalue weighted by molar-refractivity contribution is 0.0296. The summed E-state index contributed by atoms with van der Waals surface area (Å²) in [4.78, 5) is 2.61. The standard InChI is InChI=1S/C15H29NO/c1-3-8-16(10-13-5-6-13)11-14-9-12(2)4-7-15(14)17/h12-15,17H,3-11H2,1-2H3. The largest absolute Gasteiger partial charge is 0.393 e. The van der Waals surface area contributed by atoms with Crippen molar-refractivity contribution in [1.82, 2.24) is 4.90 Å².